The van der Waals surface area contributed by atoms with Crippen molar-refractivity contribution in [3.8, 4) is 11.5 Å². The van der Waals surface area contributed by atoms with Crippen LogP contribution in [0.5, 0.6) is 11.5 Å². The molecule has 0 bridgehead atoms. The van der Waals surface area contributed by atoms with E-state index < -0.39 is 17.9 Å². The zero-order chi connectivity index (χ0) is 24.5. The first-order valence-corrected chi connectivity index (χ1v) is 11.1. The van der Waals surface area contributed by atoms with Crippen LogP contribution in [0.2, 0.25) is 10.0 Å². The first kappa shape index (κ1) is 25.1. The van der Waals surface area contributed by atoms with E-state index in [1.165, 1.54) is 13.2 Å². The van der Waals surface area contributed by atoms with Gasteiger partial charge in [0.25, 0.3) is 0 Å². The van der Waals surface area contributed by atoms with E-state index in [2.05, 4.69) is 5.32 Å². The SMILES string of the molecule is COc1cc(/C=C/C(=O)N[C@@H](Cc2ccccc2)C(=O)O)ccc1OCc1c(Cl)cccc1Cl. The molecular weight excluding hydrogens is 477 g/mol. The van der Waals surface area contributed by atoms with Gasteiger partial charge >= 0.3 is 5.97 Å². The molecule has 0 aliphatic rings. The Hall–Kier alpha value is -3.48. The first-order valence-electron chi connectivity index (χ1n) is 10.4. The number of hydrogen-bond donors (Lipinski definition) is 2. The number of rotatable bonds is 10. The fourth-order valence-corrected chi connectivity index (χ4v) is 3.68. The van der Waals surface area contributed by atoms with Gasteiger partial charge in [-0.3, -0.25) is 4.79 Å². The molecule has 0 aliphatic carbocycles. The van der Waals surface area contributed by atoms with Crippen molar-refractivity contribution >= 4 is 41.2 Å². The summed E-state index contributed by atoms with van der Waals surface area (Å²) >= 11 is 12.4. The van der Waals surface area contributed by atoms with Gasteiger partial charge in [0.05, 0.1) is 7.11 Å². The van der Waals surface area contributed by atoms with E-state index in [9.17, 15) is 14.7 Å². The fourth-order valence-electron chi connectivity index (χ4n) is 3.17. The number of hydrogen-bond acceptors (Lipinski definition) is 4. The summed E-state index contributed by atoms with van der Waals surface area (Å²) in [4.78, 5) is 23.9. The molecule has 3 aromatic rings. The fraction of sp³-hybridized carbons (Fsp3) is 0.154. The van der Waals surface area contributed by atoms with Crippen LogP contribution in [-0.4, -0.2) is 30.1 Å². The molecule has 176 valence electrons. The molecule has 0 saturated heterocycles. The van der Waals surface area contributed by atoms with Gasteiger partial charge in [0, 0.05) is 28.1 Å². The molecule has 1 amide bonds. The average Bonchev–Trinajstić information content (AvgIpc) is 2.83. The highest BCUT2D eigenvalue weighted by Crippen LogP contribution is 2.31. The lowest BCUT2D eigenvalue weighted by molar-refractivity contribution is -0.141. The van der Waals surface area contributed by atoms with Crippen molar-refractivity contribution in [1.29, 1.82) is 0 Å². The second-order valence-corrected chi connectivity index (χ2v) is 8.14. The Bertz CT molecular complexity index is 1160. The summed E-state index contributed by atoms with van der Waals surface area (Å²) in [5, 5.41) is 13.0. The Labute approximate surface area is 207 Å². The third-order valence-electron chi connectivity index (χ3n) is 4.95. The van der Waals surface area contributed by atoms with E-state index in [1.54, 1.807) is 42.5 Å². The van der Waals surface area contributed by atoms with Crippen molar-refractivity contribution in [1.82, 2.24) is 5.32 Å². The molecule has 0 fully saturated rings. The number of amides is 1. The van der Waals surface area contributed by atoms with Gasteiger partial charge in [-0.15, -0.1) is 0 Å². The molecule has 3 rings (SSSR count). The maximum Gasteiger partial charge on any atom is 0.326 e. The number of halogens is 2. The molecule has 0 radical (unpaired) electrons. The summed E-state index contributed by atoms with van der Waals surface area (Å²) in [6.07, 6.45) is 3.03. The predicted molar refractivity (Wildman–Crippen MR) is 133 cm³/mol. The molecule has 8 heteroatoms. The summed E-state index contributed by atoms with van der Waals surface area (Å²) in [5.41, 5.74) is 2.15. The van der Waals surface area contributed by atoms with Crippen LogP contribution in [0.15, 0.2) is 72.8 Å². The van der Waals surface area contributed by atoms with Crippen LogP contribution in [0.3, 0.4) is 0 Å². The normalized spacial score (nSPS) is 11.7. The summed E-state index contributed by atoms with van der Waals surface area (Å²) in [5.74, 6) is -0.685. The second kappa shape index (κ2) is 12.1. The Morgan fingerprint density at radius 2 is 1.71 bits per heavy atom. The minimum absolute atomic E-state index is 0.157. The Balaban J connectivity index is 1.64. The van der Waals surface area contributed by atoms with Gasteiger partial charge in [-0.1, -0.05) is 65.7 Å². The molecule has 0 spiro atoms. The van der Waals surface area contributed by atoms with Crippen LogP contribution < -0.4 is 14.8 Å². The van der Waals surface area contributed by atoms with Gasteiger partial charge in [-0.2, -0.15) is 0 Å². The number of methoxy groups -OCH3 is 1. The molecular formula is C26H23Cl2NO5. The van der Waals surface area contributed by atoms with Crippen LogP contribution in [0.25, 0.3) is 6.08 Å². The van der Waals surface area contributed by atoms with E-state index in [1.807, 2.05) is 30.3 Å². The zero-order valence-corrected chi connectivity index (χ0v) is 19.8. The van der Waals surface area contributed by atoms with Gasteiger partial charge in [0.15, 0.2) is 11.5 Å². The van der Waals surface area contributed by atoms with Crippen LogP contribution in [0, 0.1) is 0 Å². The van der Waals surface area contributed by atoms with Gasteiger partial charge in [0.2, 0.25) is 5.91 Å². The lowest BCUT2D eigenvalue weighted by Gasteiger charge is -2.14. The predicted octanol–water partition coefficient (Wildman–Crippen LogP) is 5.41. The quantitative estimate of drug-likeness (QED) is 0.364. The highest BCUT2D eigenvalue weighted by molar-refractivity contribution is 6.35. The number of nitrogens with one attached hydrogen (secondary N) is 1. The van der Waals surface area contributed by atoms with Crippen LogP contribution in [0.4, 0.5) is 0 Å². The number of ether oxygens (including phenoxy) is 2. The summed E-state index contributed by atoms with van der Waals surface area (Å²) in [6.45, 7) is 0.157. The minimum atomic E-state index is -1.10. The first-order chi connectivity index (χ1) is 16.4. The van der Waals surface area contributed by atoms with Crippen molar-refractivity contribution in [3.05, 3.63) is 99.5 Å². The molecule has 0 unspecified atom stereocenters. The van der Waals surface area contributed by atoms with Crippen molar-refractivity contribution in [3.63, 3.8) is 0 Å². The average molecular weight is 500 g/mol. The van der Waals surface area contributed by atoms with E-state index in [0.29, 0.717) is 32.7 Å². The van der Waals surface area contributed by atoms with Crippen molar-refractivity contribution in [2.75, 3.05) is 7.11 Å². The smallest absolute Gasteiger partial charge is 0.326 e. The number of carboxylic acids is 1. The van der Waals surface area contributed by atoms with Gasteiger partial charge in [-0.05, 0) is 41.5 Å². The maximum absolute atomic E-state index is 12.3. The summed E-state index contributed by atoms with van der Waals surface area (Å²) < 4.78 is 11.2. The van der Waals surface area contributed by atoms with Crippen molar-refractivity contribution < 1.29 is 24.2 Å². The number of carboxylic acid groups (broad SMARTS) is 1. The lowest BCUT2D eigenvalue weighted by atomic mass is 10.1. The highest BCUT2D eigenvalue weighted by Gasteiger charge is 2.19. The molecule has 0 aliphatic heterocycles. The minimum Gasteiger partial charge on any atom is -0.493 e. The molecule has 34 heavy (non-hydrogen) atoms. The summed E-state index contributed by atoms with van der Waals surface area (Å²) in [6, 6.07) is 18.4. The third-order valence-corrected chi connectivity index (χ3v) is 5.65. The number of carbonyl (C=O) groups is 2. The molecule has 1 atom stereocenters. The van der Waals surface area contributed by atoms with Gasteiger partial charge < -0.3 is 19.9 Å². The summed E-state index contributed by atoms with van der Waals surface area (Å²) in [7, 11) is 1.51. The Morgan fingerprint density at radius 3 is 2.35 bits per heavy atom. The van der Waals surface area contributed by atoms with Crippen molar-refractivity contribution in [2.45, 2.75) is 19.1 Å². The molecule has 3 aromatic carbocycles. The van der Waals surface area contributed by atoms with Crippen LogP contribution >= 0.6 is 23.2 Å². The van der Waals surface area contributed by atoms with Gasteiger partial charge in [0.1, 0.15) is 12.6 Å². The number of benzene rings is 3. The third kappa shape index (κ3) is 7.01. The molecule has 0 saturated carbocycles. The van der Waals surface area contributed by atoms with Crippen LogP contribution in [-0.2, 0) is 22.6 Å². The Kier molecular flexibility index (Phi) is 8.96. The highest BCUT2D eigenvalue weighted by atomic mass is 35.5. The van der Waals surface area contributed by atoms with E-state index in [0.717, 1.165) is 5.56 Å². The molecule has 0 heterocycles. The standard InChI is InChI=1S/C26H23Cl2NO5/c1-33-24-15-18(10-12-23(24)34-16-19-20(27)8-5-9-21(19)28)11-13-25(30)29-22(26(31)32)14-17-6-3-2-4-7-17/h2-13,15,22H,14,16H2,1H3,(H,29,30)(H,31,32)/b13-11+/t22-/m0/s1. The zero-order valence-electron chi connectivity index (χ0n) is 18.3. The number of aliphatic carboxylic acids is 1. The molecule has 6 nitrogen and oxygen atoms in total. The molecule has 2 N–H and O–H groups in total. The second-order valence-electron chi connectivity index (χ2n) is 7.32. The lowest BCUT2D eigenvalue weighted by Crippen LogP contribution is -2.41. The van der Waals surface area contributed by atoms with E-state index in [-0.39, 0.29) is 13.0 Å². The monoisotopic (exact) mass is 499 g/mol. The topological polar surface area (TPSA) is 84.9 Å². The van der Waals surface area contributed by atoms with Gasteiger partial charge in [-0.25, -0.2) is 4.79 Å². The Morgan fingerprint density at radius 1 is 1.00 bits per heavy atom. The van der Waals surface area contributed by atoms with Crippen molar-refractivity contribution in [2.24, 2.45) is 0 Å². The molecule has 0 aromatic heterocycles. The van der Waals surface area contributed by atoms with E-state index >= 15 is 0 Å². The number of carbonyl (C=O) groups excluding carboxylic acids is 1. The maximum atomic E-state index is 12.3. The largest absolute Gasteiger partial charge is 0.493 e. The van der Waals surface area contributed by atoms with Crippen LogP contribution in [0.1, 0.15) is 16.7 Å². The van der Waals surface area contributed by atoms with E-state index in [4.69, 9.17) is 32.7 Å².